The van der Waals surface area contributed by atoms with Crippen molar-refractivity contribution >= 4 is 27.5 Å². The number of pyridine rings is 1. The van der Waals surface area contributed by atoms with Crippen molar-refractivity contribution in [2.75, 3.05) is 13.2 Å². The Morgan fingerprint density at radius 1 is 1.23 bits per heavy atom. The fraction of sp³-hybridized carbons (Fsp3) is 0.650. The van der Waals surface area contributed by atoms with Crippen molar-refractivity contribution in [3.63, 3.8) is 0 Å². The van der Waals surface area contributed by atoms with Crippen molar-refractivity contribution in [1.82, 2.24) is 15.3 Å². The Morgan fingerprint density at radius 3 is 2.60 bits per heavy atom. The second kappa shape index (κ2) is 9.40. The molecule has 0 aliphatic heterocycles. The molecule has 2 N–H and O–H groups in total. The van der Waals surface area contributed by atoms with E-state index in [1.165, 1.54) is 17.5 Å². The maximum atomic E-state index is 14.9. The van der Waals surface area contributed by atoms with E-state index in [1.54, 1.807) is 0 Å². The minimum Gasteiger partial charge on any atom is -0.472 e. The Kier molecular flexibility index (Phi) is 6.64. The molecule has 4 rings (SSSR count). The molecule has 0 unspecified atom stereocenters. The second-order valence-corrected chi connectivity index (χ2v) is 8.83. The average molecular weight is 440 g/mol. The van der Waals surface area contributed by atoms with Crippen molar-refractivity contribution in [2.45, 2.75) is 69.8 Å². The standard InChI is InChI=1S/C20H26FN3O5S/c1-11(23-16(26)9-25)10-27-12-2-4-13(5-3-12)28-19-17(21)18-15(8-22-19)24-20(30-18)29-14-6-7-14/h8,11-14,25H,2-7,9-10H2,1H3,(H,23,26)/t11-,12?,13?/m0/s1. The number of halogens is 1. The van der Waals surface area contributed by atoms with Gasteiger partial charge in [-0.1, -0.05) is 11.3 Å². The zero-order valence-corrected chi connectivity index (χ0v) is 17.6. The first-order valence-corrected chi connectivity index (χ1v) is 11.1. The number of carbonyl (C=O) groups excluding carboxylic acids is 1. The number of nitrogens with zero attached hydrogens (tertiary/aromatic N) is 2. The molecule has 30 heavy (non-hydrogen) atoms. The lowest BCUT2D eigenvalue weighted by atomic mass is 9.95. The number of amides is 1. The number of fused-ring (bicyclic) bond motifs is 1. The van der Waals surface area contributed by atoms with Crippen molar-refractivity contribution < 1.29 is 28.5 Å². The number of aromatic nitrogens is 2. The number of hydrogen-bond donors (Lipinski definition) is 2. The molecule has 10 heteroatoms. The highest BCUT2D eigenvalue weighted by atomic mass is 32.1. The number of ether oxygens (including phenoxy) is 3. The Hall–Kier alpha value is -2.04. The summed E-state index contributed by atoms with van der Waals surface area (Å²) < 4.78 is 32.6. The highest BCUT2D eigenvalue weighted by Crippen LogP contribution is 2.36. The third-order valence-corrected chi connectivity index (χ3v) is 6.10. The van der Waals surface area contributed by atoms with Crippen molar-refractivity contribution in [3.05, 3.63) is 12.0 Å². The summed E-state index contributed by atoms with van der Waals surface area (Å²) in [5, 5.41) is 11.9. The molecule has 2 aliphatic carbocycles. The lowest BCUT2D eigenvalue weighted by Crippen LogP contribution is -2.39. The first kappa shape index (κ1) is 21.2. The molecule has 0 bridgehead atoms. The summed E-state index contributed by atoms with van der Waals surface area (Å²) in [6.45, 7) is 1.68. The van der Waals surface area contributed by atoms with Crippen LogP contribution in [-0.2, 0) is 9.53 Å². The van der Waals surface area contributed by atoms with Gasteiger partial charge < -0.3 is 24.6 Å². The first-order valence-electron chi connectivity index (χ1n) is 10.3. The third-order valence-electron chi connectivity index (χ3n) is 5.15. The minimum absolute atomic E-state index is 0.00817. The van der Waals surface area contributed by atoms with E-state index in [-0.39, 0.29) is 30.2 Å². The van der Waals surface area contributed by atoms with Gasteiger partial charge in [0.2, 0.25) is 11.7 Å². The van der Waals surface area contributed by atoms with Crippen molar-refractivity contribution in [2.24, 2.45) is 0 Å². The smallest absolute Gasteiger partial charge is 0.274 e. The number of aliphatic hydroxyl groups excluding tert-OH is 1. The molecule has 2 aliphatic rings. The molecule has 2 saturated carbocycles. The zero-order chi connectivity index (χ0) is 21.1. The predicted molar refractivity (Wildman–Crippen MR) is 108 cm³/mol. The summed E-state index contributed by atoms with van der Waals surface area (Å²) >= 11 is 1.19. The molecular weight excluding hydrogens is 413 g/mol. The molecule has 0 spiro atoms. The number of nitrogens with one attached hydrogen (secondary N) is 1. The quantitative estimate of drug-likeness (QED) is 0.619. The van der Waals surface area contributed by atoms with E-state index in [0.717, 1.165) is 38.5 Å². The van der Waals surface area contributed by atoms with E-state index >= 15 is 0 Å². The van der Waals surface area contributed by atoms with Crippen molar-refractivity contribution in [3.8, 4) is 11.1 Å². The van der Waals surface area contributed by atoms with Crippen LogP contribution in [0.2, 0.25) is 0 Å². The number of hydrogen-bond acceptors (Lipinski definition) is 8. The van der Waals surface area contributed by atoms with E-state index in [9.17, 15) is 9.18 Å². The Labute approximate surface area is 177 Å². The molecule has 164 valence electrons. The van der Waals surface area contributed by atoms with E-state index < -0.39 is 18.3 Å². The molecule has 2 heterocycles. The maximum Gasteiger partial charge on any atom is 0.274 e. The van der Waals surface area contributed by atoms with Gasteiger partial charge in [-0.2, -0.15) is 4.39 Å². The molecule has 2 aromatic heterocycles. The van der Waals surface area contributed by atoms with Gasteiger partial charge in [0.05, 0.1) is 18.9 Å². The lowest BCUT2D eigenvalue weighted by Gasteiger charge is -2.29. The van der Waals surface area contributed by atoms with Gasteiger partial charge >= 0.3 is 0 Å². The zero-order valence-electron chi connectivity index (χ0n) is 16.8. The molecule has 0 aromatic carbocycles. The van der Waals surface area contributed by atoms with Crippen LogP contribution in [0.5, 0.6) is 11.1 Å². The van der Waals surface area contributed by atoms with Crippen LogP contribution in [0.3, 0.4) is 0 Å². The minimum atomic E-state index is -0.528. The summed E-state index contributed by atoms with van der Waals surface area (Å²) in [5.41, 5.74) is 0.486. The lowest BCUT2D eigenvalue weighted by molar-refractivity contribution is -0.125. The molecular formula is C20H26FN3O5S. The van der Waals surface area contributed by atoms with Crippen LogP contribution in [0.1, 0.15) is 45.4 Å². The fourth-order valence-electron chi connectivity index (χ4n) is 3.41. The van der Waals surface area contributed by atoms with E-state index in [2.05, 4.69) is 15.3 Å². The van der Waals surface area contributed by atoms with Gasteiger partial charge in [-0.05, 0) is 45.4 Å². The van der Waals surface area contributed by atoms with Gasteiger partial charge in [-0.3, -0.25) is 4.79 Å². The van der Waals surface area contributed by atoms with E-state index in [0.29, 0.717) is 22.0 Å². The molecule has 2 fully saturated rings. The summed E-state index contributed by atoms with van der Waals surface area (Å²) in [6.07, 6.45) is 6.78. The van der Waals surface area contributed by atoms with Gasteiger partial charge in [-0.25, -0.2) is 9.97 Å². The van der Waals surface area contributed by atoms with Crippen LogP contribution in [0.25, 0.3) is 10.2 Å². The number of thiazole rings is 1. The van der Waals surface area contributed by atoms with Crippen LogP contribution in [0.4, 0.5) is 4.39 Å². The molecule has 1 atom stereocenters. The van der Waals surface area contributed by atoms with Gasteiger partial charge in [0.25, 0.3) is 11.1 Å². The van der Waals surface area contributed by atoms with Crippen LogP contribution >= 0.6 is 11.3 Å². The van der Waals surface area contributed by atoms with Crippen LogP contribution in [0, 0.1) is 5.82 Å². The normalized spacial score (nSPS) is 22.6. The molecule has 0 radical (unpaired) electrons. The highest BCUT2D eigenvalue weighted by molar-refractivity contribution is 7.20. The van der Waals surface area contributed by atoms with Gasteiger partial charge in [0, 0.05) is 6.04 Å². The summed E-state index contributed by atoms with van der Waals surface area (Å²) in [5.74, 6) is -0.891. The molecule has 2 aromatic rings. The van der Waals surface area contributed by atoms with Gasteiger partial charge in [0.15, 0.2) is 0 Å². The average Bonchev–Trinajstić information content (AvgIpc) is 3.46. The van der Waals surface area contributed by atoms with Crippen LogP contribution in [-0.4, -0.2) is 58.5 Å². The van der Waals surface area contributed by atoms with E-state index in [4.69, 9.17) is 19.3 Å². The van der Waals surface area contributed by atoms with Gasteiger partial charge in [-0.15, -0.1) is 0 Å². The number of rotatable bonds is 9. The molecule has 1 amide bonds. The topological polar surface area (TPSA) is 103 Å². The highest BCUT2D eigenvalue weighted by Gasteiger charge is 2.27. The molecule has 0 saturated heterocycles. The summed E-state index contributed by atoms with van der Waals surface area (Å²) in [4.78, 5) is 19.6. The summed E-state index contributed by atoms with van der Waals surface area (Å²) in [7, 11) is 0. The predicted octanol–water partition coefficient (Wildman–Crippen LogP) is 2.58. The third kappa shape index (κ3) is 5.35. The largest absolute Gasteiger partial charge is 0.472 e. The monoisotopic (exact) mass is 439 g/mol. The number of aliphatic hydroxyl groups is 1. The Balaban J connectivity index is 1.27. The Bertz CT molecular complexity index is 883. The summed E-state index contributed by atoms with van der Waals surface area (Å²) in [6, 6.07) is -0.170. The Morgan fingerprint density at radius 2 is 1.90 bits per heavy atom. The fourth-order valence-corrected chi connectivity index (χ4v) is 4.29. The molecule has 8 nitrogen and oxygen atoms in total. The number of carbonyl (C=O) groups is 1. The SMILES string of the molecule is C[C@@H](COC1CCC(Oc2ncc3nc(OC4CC4)sc3c2F)CC1)NC(=O)CO. The van der Waals surface area contributed by atoms with Crippen molar-refractivity contribution in [1.29, 1.82) is 0 Å². The van der Waals surface area contributed by atoms with E-state index in [1.807, 2.05) is 6.92 Å². The van der Waals surface area contributed by atoms with Gasteiger partial charge in [0.1, 0.15) is 29.0 Å². The van der Waals surface area contributed by atoms with Crippen LogP contribution in [0.15, 0.2) is 6.20 Å². The first-order chi connectivity index (χ1) is 14.5. The van der Waals surface area contributed by atoms with Crippen LogP contribution < -0.4 is 14.8 Å². The maximum absolute atomic E-state index is 14.9. The second-order valence-electron chi connectivity index (χ2n) is 7.87.